The van der Waals surface area contributed by atoms with Gasteiger partial charge in [-0.25, -0.2) is 0 Å². The largest absolute Gasteiger partial charge is 0.132 e. The first-order chi connectivity index (χ1) is 4.09. The van der Waals surface area contributed by atoms with Gasteiger partial charge in [0.05, 0.1) is 0 Å². The van der Waals surface area contributed by atoms with Crippen molar-refractivity contribution >= 4 is 58.0 Å². The molecule has 0 N–H and O–H groups in total. The maximum atomic E-state index is 5.38. The lowest BCUT2D eigenvalue weighted by Crippen LogP contribution is -2.01. The van der Waals surface area contributed by atoms with E-state index < -0.39 is 9.67 Å². The average Bonchev–Trinajstić information content (AvgIpc) is 1.64. The Kier molecular flexibility index (Phi) is 5.57. The minimum absolute atomic E-state index is 0.392. The van der Waals surface area contributed by atoms with Crippen LogP contribution in [0.2, 0.25) is 0 Å². The van der Waals surface area contributed by atoms with E-state index in [1.807, 2.05) is 0 Å². The summed E-state index contributed by atoms with van der Waals surface area (Å²) in [5.74, 6) is 0. The Morgan fingerprint density at radius 3 is 1.33 bits per heavy atom. The fourth-order valence-electron chi connectivity index (χ4n) is 0.190. The van der Waals surface area contributed by atoms with Crippen molar-refractivity contribution in [3.63, 3.8) is 0 Å². The van der Waals surface area contributed by atoms with Gasteiger partial charge in [0.2, 0.25) is 0 Å². The lowest BCUT2D eigenvalue weighted by atomic mass is 10.4. The van der Waals surface area contributed by atoms with Crippen LogP contribution in [0.3, 0.4) is 0 Å². The molecule has 0 saturated carbocycles. The fourth-order valence-corrected chi connectivity index (χ4v) is 1.71. The van der Waals surface area contributed by atoms with Gasteiger partial charge in [-0.3, -0.25) is 0 Å². The number of allylic oxidation sites excluding steroid dienone is 1. The molecule has 0 aromatic rings. The number of rotatable bonds is 2. The molecule has 0 aromatic heterocycles. The Morgan fingerprint density at radius 2 is 1.33 bits per heavy atom. The van der Waals surface area contributed by atoms with Gasteiger partial charge in [-0.15, -0.1) is 46.4 Å². The van der Waals surface area contributed by atoms with E-state index in [9.17, 15) is 0 Å². The minimum atomic E-state index is -0.734. The molecule has 0 amide bonds. The van der Waals surface area contributed by atoms with Crippen molar-refractivity contribution in [2.24, 2.45) is 0 Å². The van der Waals surface area contributed by atoms with Crippen LogP contribution in [0.5, 0.6) is 0 Å². The van der Waals surface area contributed by atoms with E-state index in [4.69, 9.17) is 58.0 Å². The highest BCUT2D eigenvalue weighted by Crippen LogP contribution is 2.24. The van der Waals surface area contributed by atoms with Gasteiger partial charge in [0, 0.05) is 11.1 Å². The molecular weight excluding hydrogens is 225 g/mol. The van der Waals surface area contributed by atoms with Gasteiger partial charge in [-0.05, 0) is 0 Å². The van der Waals surface area contributed by atoms with E-state index >= 15 is 0 Å². The van der Waals surface area contributed by atoms with Gasteiger partial charge in [0.15, 0.2) is 0 Å². The molecule has 0 aliphatic rings. The van der Waals surface area contributed by atoms with E-state index in [0.717, 1.165) is 0 Å². The molecule has 0 rings (SSSR count). The zero-order valence-electron chi connectivity index (χ0n) is 4.12. The Labute approximate surface area is 78.7 Å². The van der Waals surface area contributed by atoms with E-state index in [2.05, 4.69) is 0 Å². The fraction of sp³-hybridized carbons (Fsp3) is 0.500. The van der Waals surface area contributed by atoms with Crippen molar-refractivity contribution in [2.45, 2.75) is 9.67 Å². The van der Waals surface area contributed by atoms with Crippen LogP contribution in [0.4, 0.5) is 0 Å². The molecule has 9 heavy (non-hydrogen) atoms. The predicted molar refractivity (Wildman–Crippen MR) is 44.9 cm³/mol. The summed E-state index contributed by atoms with van der Waals surface area (Å²) in [6.45, 7) is 0. The summed E-state index contributed by atoms with van der Waals surface area (Å²) in [6, 6.07) is 0. The van der Waals surface area contributed by atoms with Crippen molar-refractivity contribution < 1.29 is 0 Å². The topological polar surface area (TPSA) is 0 Å². The monoisotopic (exact) mass is 226 g/mol. The zero-order chi connectivity index (χ0) is 7.44. The van der Waals surface area contributed by atoms with Crippen LogP contribution < -0.4 is 0 Å². The molecule has 0 aliphatic carbocycles. The van der Waals surface area contributed by atoms with Crippen molar-refractivity contribution in [1.29, 1.82) is 0 Å². The van der Waals surface area contributed by atoms with Crippen molar-refractivity contribution in [3.05, 3.63) is 11.1 Å². The van der Waals surface area contributed by atoms with Crippen LogP contribution in [0.1, 0.15) is 0 Å². The molecule has 0 fully saturated rings. The summed E-state index contributed by atoms with van der Waals surface area (Å²) in [6.07, 6.45) is 0. The SMILES string of the molecule is ClC=C(C(Cl)Cl)C(Cl)Cl. The van der Waals surface area contributed by atoms with Gasteiger partial charge in [0.25, 0.3) is 0 Å². The van der Waals surface area contributed by atoms with Crippen LogP contribution in [-0.2, 0) is 0 Å². The Bertz CT molecular complexity index is 95.5. The highest BCUT2D eigenvalue weighted by atomic mass is 35.5. The maximum Gasteiger partial charge on any atom is 0.132 e. The molecule has 5 heteroatoms. The van der Waals surface area contributed by atoms with Gasteiger partial charge >= 0.3 is 0 Å². The lowest BCUT2D eigenvalue weighted by molar-refractivity contribution is 1.28. The van der Waals surface area contributed by atoms with E-state index in [0.29, 0.717) is 5.57 Å². The van der Waals surface area contributed by atoms with E-state index in [1.54, 1.807) is 0 Å². The molecule has 0 aliphatic heterocycles. The highest BCUT2D eigenvalue weighted by molar-refractivity contribution is 6.52. The van der Waals surface area contributed by atoms with Gasteiger partial charge in [0.1, 0.15) is 9.67 Å². The number of alkyl halides is 4. The van der Waals surface area contributed by atoms with Crippen LogP contribution in [0.25, 0.3) is 0 Å². The molecule has 0 aromatic carbocycles. The Morgan fingerprint density at radius 1 is 1.00 bits per heavy atom. The van der Waals surface area contributed by atoms with E-state index in [1.165, 1.54) is 5.54 Å². The molecule has 0 spiro atoms. The normalized spacial score (nSPS) is 10.6. The molecule has 0 unspecified atom stereocenters. The Balaban J connectivity index is 4.01. The molecule has 0 radical (unpaired) electrons. The first kappa shape index (κ1) is 10.2. The van der Waals surface area contributed by atoms with Crippen LogP contribution in [0, 0.1) is 0 Å². The van der Waals surface area contributed by atoms with Crippen LogP contribution in [-0.4, -0.2) is 9.67 Å². The first-order valence-electron chi connectivity index (χ1n) is 1.96. The molecular formula is C4H3Cl5. The maximum absolute atomic E-state index is 5.38. The molecule has 0 heterocycles. The number of hydrogen-bond acceptors (Lipinski definition) is 0. The first-order valence-corrected chi connectivity index (χ1v) is 4.14. The summed E-state index contributed by atoms with van der Waals surface area (Å²) in [5, 5.41) is 0. The Hall–Kier alpha value is 1.19. The molecule has 0 bridgehead atoms. The highest BCUT2D eigenvalue weighted by Gasteiger charge is 2.13. The zero-order valence-corrected chi connectivity index (χ0v) is 7.90. The van der Waals surface area contributed by atoms with E-state index in [-0.39, 0.29) is 0 Å². The molecule has 54 valence electrons. The van der Waals surface area contributed by atoms with Crippen molar-refractivity contribution in [2.75, 3.05) is 0 Å². The van der Waals surface area contributed by atoms with Crippen molar-refractivity contribution in [3.8, 4) is 0 Å². The summed E-state index contributed by atoms with van der Waals surface area (Å²) in [7, 11) is 0. The van der Waals surface area contributed by atoms with Gasteiger partial charge in [-0.2, -0.15) is 0 Å². The standard InChI is InChI=1S/C4H3Cl5/c5-1-2(3(6)7)4(8)9/h1,3-4H. The van der Waals surface area contributed by atoms with Gasteiger partial charge in [-0.1, -0.05) is 11.6 Å². The van der Waals surface area contributed by atoms with Gasteiger partial charge < -0.3 is 0 Å². The molecule has 0 saturated heterocycles. The van der Waals surface area contributed by atoms with Crippen LogP contribution >= 0.6 is 58.0 Å². The summed E-state index contributed by atoms with van der Waals surface area (Å²) < 4.78 is 0. The minimum Gasteiger partial charge on any atom is -0.100 e. The van der Waals surface area contributed by atoms with Crippen LogP contribution in [0.15, 0.2) is 11.1 Å². The molecule has 0 atom stereocenters. The summed E-state index contributed by atoms with van der Waals surface area (Å²) in [5.41, 5.74) is 1.57. The third-order valence-electron chi connectivity index (χ3n) is 0.630. The second-order valence-corrected chi connectivity index (χ2v) is 3.62. The number of hydrogen-bond donors (Lipinski definition) is 0. The molecule has 0 nitrogen and oxygen atoms in total. The summed E-state index contributed by atoms with van der Waals surface area (Å²) in [4.78, 5) is -1.47. The second-order valence-electron chi connectivity index (χ2n) is 1.21. The smallest absolute Gasteiger partial charge is 0.100 e. The third-order valence-corrected chi connectivity index (χ3v) is 1.89. The number of halogens is 5. The summed E-state index contributed by atoms with van der Waals surface area (Å²) >= 11 is 26.8. The average molecular weight is 228 g/mol. The third kappa shape index (κ3) is 3.79. The lowest BCUT2D eigenvalue weighted by Gasteiger charge is -2.05. The predicted octanol–water partition coefficient (Wildman–Crippen LogP) is 3.72. The second kappa shape index (κ2) is 4.92. The quantitative estimate of drug-likeness (QED) is 0.632. The van der Waals surface area contributed by atoms with Crippen molar-refractivity contribution in [1.82, 2.24) is 0 Å².